The van der Waals surface area contributed by atoms with Crippen molar-refractivity contribution in [2.45, 2.75) is 31.8 Å². The Balaban J connectivity index is 1.37. The van der Waals surface area contributed by atoms with Gasteiger partial charge in [0, 0.05) is 6.20 Å². The fourth-order valence-electron chi connectivity index (χ4n) is 3.26. The van der Waals surface area contributed by atoms with Crippen molar-refractivity contribution in [3.05, 3.63) is 71.7 Å². The third-order valence-corrected chi connectivity index (χ3v) is 4.47. The molecule has 0 unspecified atom stereocenters. The average molecular weight is 348 g/mol. The summed E-state index contributed by atoms with van der Waals surface area (Å²) in [4.78, 5) is 16.8. The molecule has 0 fully saturated rings. The summed E-state index contributed by atoms with van der Waals surface area (Å²) in [7, 11) is 0. The van der Waals surface area contributed by atoms with E-state index in [-0.39, 0.29) is 12.1 Å². The number of carbonyl (C=O) groups is 1. The number of rotatable bonds is 4. The first kappa shape index (κ1) is 16.3. The van der Waals surface area contributed by atoms with Crippen LogP contribution in [0, 0.1) is 0 Å². The molecule has 1 aromatic carbocycles. The molecule has 0 saturated carbocycles. The number of carbonyl (C=O) groups excluding carboxylic acids is 1. The Morgan fingerprint density at radius 2 is 2.08 bits per heavy atom. The molecule has 26 heavy (non-hydrogen) atoms. The normalized spacial score (nSPS) is 15.9. The topological polar surface area (TPSA) is 84.7 Å². The van der Waals surface area contributed by atoms with Crippen LogP contribution in [0.1, 0.15) is 35.7 Å². The molecule has 1 aliphatic carbocycles. The Labute approximate surface area is 151 Å². The first-order valence-electron chi connectivity index (χ1n) is 8.73. The van der Waals surface area contributed by atoms with Crippen LogP contribution in [0.3, 0.4) is 0 Å². The number of aromatic nitrogens is 4. The SMILES string of the molecule is O=C(Nc1cn(Cc2ccccc2)nn1)N[C@@H]1CCCc2cccnc21. The van der Waals surface area contributed by atoms with Crippen LogP contribution in [0.2, 0.25) is 0 Å². The van der Waals surface area contributed by atoms with E-state index < -0.39 is 0 Å². The molecule has 2 amide bonds. The molecular weight excluding hydrogens is 328 g/mol. The van der Waals surface area contributed by atoms with E-state index in [0.717, 1.165) is 30.5 Å². The molecule has 0 spiro atoms. The lowest BCUT2D eigenvalue weighted by atomic mass is 9.92. The van der Waals surface area contributed by atoms with Crippen LogP contribution in [0.15, 0.2) is 54.9 Å². The Kier molecular flexibility index (Phi) is 4.59. The van der Waals surface area contributed by atoms with Crippen LogP contribution in [0.4, 0.5) is 10.6 Å². The number of hydrogen-bond donors (Lipinski definition) is 2. The Hall–Kier alpha value is -3.22. The van der Waals surface area contributed by atoms with Gasteiger partial charge in [0.2, 0.25) is 0 Å². The second kappa shape index (κ2) is 7.35. The van der Waals surface area contributed by atoms with Gasteiger partial charge in [-0.25, -0.2) is 9.48 Å². The van der Waals surface area contributed by atoms with E-state index >= 15 is 0 Å². The van der Waals surface area contributed by atoms with Gasteiger partial charge >= 0.3 is 6.03 Å². The first-order chi connectivity index (χ1) is 12.8. The van der Waals surface area contributed by atoms with E-state index in [1.807, 2.05) is 36.4 Å². The molecule has 3 aromatic rings. The van der Waals surface area contributed by atoms with Gasteiger partial charge in [-0.15, -0.1) is 5.10 Å². The van der Waals surface area contributed by atoms with Gasteiger partial charge < -0.3 is 5.32 Å². The largest absolute Gasteiger partial charge is 0.329 e. The predicted octanol–water partition coefficient (Wildman–Crippen LogP) is 2.92. The lowest BCUT2D eigenvalue weighted by Crippen LogP contribution is -2.35. The zero-order valence-corrected chi connectivity index (χ0v) is 14.3. The van der Waals surface area contributed by atoms with Crippen LogP contribution in [0.25, 0.3) is 0 Å². The van der Waals surface area contributed by atoms with Crippen molar-refractivity contribution in [2.75, 3.05) is 5.32 Å². The summed E-state index contributed by atoms with van der Waals surface area (Å²) in [6.07, 6.45) is 6.43. The van der Waals surface area contributed by atoms with Gasteiger partial charge in [0.25, 0.3) is 0 Å². The molecule has 0 saturated heterocycles. The summed E-state index contributed by atoms with van der Waals surface area (Å²) in [6, 6.07) is 13.6. The lowest BCUT2D eigenvalue weighted by Gasteiger charge is -2.24. The number of aryl methyl sites for hydroxylation is 1. The molecule has 0 aliphatic heterocycles. The van der Waals surface area contributed by atoms with Crippen LogP contribution in [-0.4, -0.2) is 26.0 Å². The van der Waals surface area contributed by atoms with Crippen LogP contribution >= 0.6 is 0 Å². The molecule has 4 rings (SSSR count). The number of urea groups is 1. The predicted molar refractivity (Wildman–Crippen MR) is 97.6 cm³/mol. The van der Waals surface area contributed by atoms with Gasteiger partial charge in [-0.05, 0) is 36.5 Å². The highest BCUT2D eigenvalue weighted by Gasteiger charge is 2.23. The second-order valence-electron chi connectivity index (χ2n) is 6.38. The number of hydrogen-bond acceptors (Lipinski definition) is 4. The van der Waals surface area contributed by atoms with Gasteiger partial charge in [0.1, 0.15) is 0 Å². The molecule has 2 N–H and O–H groups in total. The Morgan fingerprint density at radius 3 is 2.96 bits per heavy atom. The van der Waals surface area contributed by atoms with Crippen LogP contribution in [-0.2, 0) is 13.0 Å². The molecule has 2 heterocycles. The van der Waals surface area contributed by atoms with E-state index in [0.29, 0.717) is 12.4 Å². The molecule has 0 radical (unpaired) electrons. The van der Waals surface area contributed by atoms with E-state index in [2.05, 4.69) is 32.0 Å². The highest BCUT2D eigenvalue weighted by atomic mass is 16.2. The van der Waals surface area contributed by atoms with E-state index in [9.17, 15) is 4.79 Å². The maximum absolute atomic E-state index is 12.3. The molecule has 7 heteroatoms. The smallest absolute Gasteiger partial charge is 0.321 e. The molecular formula is C19H20N6O. The van der Waals surface area contributed by atoms with Gasteiger partial charge in [-0.3, -0.25) is 10.3 Å². The van der Waals surface area contributed by atoms with Gasteiger partial charge in [-0.2, -0.15) is 0 Å². The minimum atomic E-state index is -0.291. The third kappa shape index (κ3) is 3.72. The number of amides is 2. The number of pyridine rings is 1. The molecule has 1 atom stereocenters. The summed E-state index contributed by atoms with van der Waals surface area (Å²) in [5.74, 6) is 0.426. The van der Waals surface area contributed by atoms with Gasteiger partial charge in [-0.1, -0.05) is 41.6 Å². The van der Waals surface area contributed by atoms with Gasteiger partial charge in [0.15, 0.2) is 5.82 Å². The number of benzene rings is 1. The van der Waals surface area contributed by atoms with Crippen molar-refractivity contribution in [1.82, 2.24) is 25.3 Å². The first-order valence-corrected chi connectivity index (χ1v) is 8.73. The minimum Gasteiger partial charge on any atom is -0.329 e. The van der Waals surface area contributed by atoms with Crippen molar-refractivity contribution in [2.24, 2.45) is 0 Å². The maximum Gasteiger partial charge on any atom is 0.321 e. The van der Waals surface area contributed by atoms with Crippen molar-refractivity contribution < 1.29 is 4.79 Å². The van der Waals surface area contributed by atoms with Crippen molar-refractivity contribution in [3.8, 4) is 0 Å². The minimum absolute atomic E-state index is 0.0701. The van der Waals surface area contributed by atoms with Crippen molar-refractivity contribution in [3.63, 3.8) is 0 Å². The summed E-state index contributed by atoms with van der Waals surface area (Å²) in [5, 5.41) is 13.8. The zero-order valence-electron chi connectivity index (χ0n) is 14.3. The number of nitrogens with one attached hydrogen (secondary N) is 2. The second-order valence-corrected chi connectivity index (χ2v) is 6.38. The summed E-state index contributed by atoms with van der Waals surface area (Å²) in [5.41, 5.74) is 3.29. The Bertz CT molecular complexity index is 892. The zero-order chi connectivity index (χ0) is 17.8. The van der Waals surface area contributed by atoms with Crippen LogP contribution in [0.5, 0.6) is 0 Å². The highest BCUT2D eigenvalue weighted by molar-refractivity contribution is 5.88. The third-order valence-electron chi connectivity index (χ3n) is 4.47. The fourth-order valence-corrected chi connectivity index (χ4v) is 3.26. The average Bonchev–Trinajstić information content (AvgIpc) is 3.09. The highest BCUT2D eigenvalue weighted by Crippen LogP contribution is 2.27. The number of nitrogens with zero attached hydrogens (tertiary/aromatic N) is 4. The summed E-state index contributed by atoms with van der Waals surface area (Å²) >= 11 is 0. The molecule has 2 aromatic heterocycles. The van der Waals surface area contributed by atoms with E-state index in [1.165, 1.54) is 5.56 Å². The number of anilines is 1. The van der Waals surface area contributed by atoms with E-state index in [1.54, 1.807) is 17.1 Å². The lowest BCUT2D eigenvalue weighted by molar-refractivity contribution is 0.246. The molecule has 1 aliphatic rings. The van der Waals surface area contributed by atoms with Gasteiger partial charge in [0.05, 0.1) is 24.5 Å². The van der Waals surface area contributed by atoms with Crippen molar-refractivity contribution in [1.29, 1.82) is 0 Å². The number of fused-ring (bicyclic) bond motifs is 1. The fraction of sp³-hybridized carbons (Fsp3) is 0.263. The maximum atomic E-state index is 12.3. The van der Waals surface area contributed by atoms with Crippen LogP contribution < -0.4 is 10.6 Å². The molecule has 132 valence electrons. The summed E-state index contributed by atoms with van der Waals surface area (Å²) in [6.45, 7) is 0.608. The Morgan fingerprint density at radius 1 is 1.19 bits per heavy atom. The quantitative estimate of drug-likeness (QED) is 0.759. The van der Waals surface area contributed by atoms with E-state index in [4.69, 9.17) is 0 Å². The standard InChI is InChI=1S/C19H20N6O/c26-19(21-16-10-4-8-15-9-5-11-20-18(15)16)22-17-13-25(24-23-17)12-14-6-2-1-3-7-14/h1-3,5-7,9,11,13,16H,4,8,10,12H2,(H2,21,22,26)/t16-/m1/s1. The molecule has 7 nitrogen and oxygen atoms in total. The monoisotopic (exact) mass is 348 g/mol. The summed E-state index contributed by atoms with van der Waals surface area (Å²) < 4.78 is 1.70. The molecule has 0 bridgehead atoms. The van der Waals surface area contributed by atoms with Crippen molar-refractivity contribution >= 4 is 11.8 Å².